The normalized spacial score (nSPS) is 23.8. The van der Waals surface area contributed by atoms with Gasteiger partial charge in [-0.05, 0) is 25.8 Å². The molecular weight excluding hydrogens is 210 g/mol. The van der Waals surface area contributed by atoms with Crippen LogP contribution in [-0.4, -0.2) is 18.2 Å². The van der Waals surface area contributed by atoms with Crippen LogP contribution in [-0.2, 0) is 0 Å². The van der Waals surface area contributed by atoms with E-state index in [-0.39, 0.29) is 6.10 Å². The highest BCUT2D eigenvalue weighted by Gasteiger charge is 2.45. The lowest BCUT2D eigenvalue weighted by atomic mass is 9.77. The number of anilines is 1. The summed E-state index contributed by atoms with van der Waals surface area (Å²) in [5.74, 6) is 0. The molecule has 1 aromatic carbocycles. The largest absolute Gasteiger partial charge is 0.389 e. The molecule has 0 bridgehead atoms. The summed E-state index contributed by atoms with van der Waals surface area (Å²) < 4.78 is 0. The second-order valence-electron chi connectivity index (χ2n) is 5.80. The fraction of sp³-hybridized carbons (Fsp3) is 0.600. The Bertz CT molecular complexity index is 399. The van der Waals surface area contributed by atoms with Crippen molar-refractivity contribution in [3.63, 3.8) is 0 Å². The van der Waals surface area contributed by atoms with Gasteiger partial charge in [0.05, 0.1) is 6.10 Å². The zero-order valence-electron chi connectivity index (χ0n) is 10.5. The lowest BCUT2D eigenvalue weighted by molar-refractivity contribution is 0.194. The second kappa shape index (κ2) is 4.02. The van der Waals surface area contributed by atoms with Gasteiger partial charge in [0.2, 0.25) is 0 Å². The molecular formula is C15H21NO. The molecule has 1 aliphatic carbocycles. The number of para-hydroxylation sites is 1. The SMILES string of the molecule is CC(O)c1ccccc1N1CC2(CCCC2)C1. The summed E-state index contributed by atoms with van der Waals surface area (Å²) in [5, 5.41) is 9.80. The van der Waals surface area contributed by atoms with E-state index in [9.17, 15) is 5.11 Å². The predicted molar refractivity (Wildman–Crippen MR) is 70.2 cm³/mol. The predicted octanol–water partition coefficient (Wildman–Crippen LogP) is 3.12. The number of benzene rings is 1. The number of rotatable bonds is 2. The van der Waals surface area contributed by atoms with Crippen molar-refractivity contribution in [2.75, 3.05) is 18.0 Å². The smallest absolute Gasteiger partial charge is 0.0781 e. The molecule has 1 saturated carbocycles. The molecule has 1 heterocycles. The summed E-state index contributed by atoms with van der Waals surface area (Å²) in [6.07, 6.45) is 5.25. The van der Waals surface area contributed by atoms with Gasteiger partial charge in [0.15, 0.2) is 0 Å². The van der Waals surface area contributed by atoms with Gasteiger partial charge < -0.3 is 10.0 Å². The molecule has 0 radical (unpaired) electrons. The van der Waals surface area contributed by atoms with Gasteiger partial charge in [-0.15, -0.1) is 0 Å². The Balaban J connectivity index is 1.78. The summed E-state index contributed by atoms with van der Waals surface area (Å²) in [7, 11) is 0. The third kappa shape index (κ3) is 1.85. The highest BCUT2D eigenvalue weighted by Crippen LogP contribution is 2.47. The lowest BCUT2D eigenvalue weighted by Gasteiger charge is -2.50. The van der Waals surface area contributed by atoms with Crippen molar-refractivity contribution in [3.05, 3.63) is 29.8 Å². The Hall–Kier alpha value is -1.02. The van der Waals surface area contributed by atoms with Crippen LogP contribution in [0.15, 0.2) is 24.3 Å². The molecule has 2 aliphatic rings. The first-order valence-corrected chi connectivity index (χ1v) is 6.72. The summed E-state index contributed by atoms with van der Waals surface area (Å²) >= 11 is 0. The highest BCUT2D eigenvalue weighted by atomic mass is 16.3. The Morgan fingerprint density at radius 3 is 2.47 bits per heavy atom. The van der Waals surface area contributed by atoms with Crippen molar-refractivity contribution in [1.29, 1.82) is 0 Å². The van der Waals surface area contributed by atoms with E-state index < -0.39 is 0 Å². The Morgan fingerprint density at radius 1 is 1.18 bits per heavy atom. The number of aliphatic hydroxyl groups excluding tert-OH is 1. The van der Waals surface area contributed by atoms with Crippen molar-refractivity contribution in [2.45, 2.75) is 38.7 Å². The van der Waals surface area contributed by atoms with Gasteiger partial charge in [-0.25, -0.2) is 0 Å². The molecule has 1 saturated heterocycles. The maximum absolute atomic E-state index is 9.80. The van der Waals surface area contributed by atoms with E-state index in [4.69, 9.17) is 0 Å². The van der Waals surface area contributed by atoms with Crippen LogP contribution in [0.25, 0.3) is 0 Å². The minimum atomic E-state index is -0.369. The molecule has 1 aliphatic heterocycles. The Kier molecular flexibility index (Phi) is 2.62. The quantitative estimate of drug-likeness (QED) is 0.845. The molecule has 0 amide bonds. The minimum Gasteiger partial charge on any atom is -0.389 e. The van der Waals surface area contributed by atoms with Gasteiger partial charge in [-0.2, -0.15) is 0 Å². The first-order chi connectivity index (χ1) is 8.20. The van der Waals surface area contributed by atoms with Gasteiger partial charge >= 0.3 is 0 Å². The van der Waals surface area contributed by atoms with Crippen LogP contribution in [0.4, 0.5) is 5.69 Å². The molecule has 3 rings (SSSR count). The fourth-order valence-corrected chi connectivity index (χ4v) is 3.50. The minimum absolute atomic E-state index is 0.369. The topological polar surface area (TPSA) is 23.5 Å². The van der Waals surface area contributed by atoms with Crippen LogP contribution in [0.3, 0.4) is 0 Å². The molecule has 2 nitrogen and oxygen atoms in total. The Labute approximate surface area is 103 Å². The van der Waals surface area contributed by atoms with Gasteiger partial charge in [0, 0.05) is 29.8 Å². The average molecular weight is 231 g/mol. The van der Waals surface area contributed by atoms with E-state index in [0.29, 0.717) is 5.41 Å². The van der Waals surface area contributed by atoms with Crippen molar-refractivity contribution >= 4 is 5.69 Å². The molecule has 2 fully saturated rings. The lowest BCUT2D eigenvalue weighted by Crippen LogP contribution is -2.55. The first-order valence-electron chi connectivity index (χ1n) is 6.72. The average Bonchev–Trinajstić information content (AvgIpc) is 2.76. The standard InChI is InChI=1S/C15H21NO/c1-12(17)13-6-2-3-7-14(13)16-10-15(11-16)8-4-5-9-15/h2-3,6-7,12,17H,4-5,8-11H2,1H3. The number of aliphatic hydroxyl groups is 1. The summed E-state index contributed by atoms with van der Waals surface area (Å²) in [4.78, 5) is 2.44. The number of nitrogens with zero attached hydrogens (tertiary/aromatic N) is 1. The zero-order valence-corrected chi connectivity index (χ0v) is 10.5. The molecule has 1 spiro atoms. The van der Waals surface area contributed by atoms with E-state index in [1.165, 1.54) is 44.5 Å². The molecule has 17 heavy (non-hydrogen) atoms. The Morgan fingerprint density at radius 2 is 1.82 bits per heavy atom. The molecule has 92 valence electrons. The zero-order chi connectivity index (χ0) is 11.9. The molecule has 1 N–H and O–H groups in total. The maximum atomic E-state index is 9.80. The van der Waals surface area contributed by atoms with Crippen LogP contribution in [0.2, 0.25) is 0 Å². The summed E-state index contributed by atoms with van der Waals surface area (Å²) in [6, 6.07) is 8.26. The van der Waals surface area contributed by atoms with Crippen LogP contribution in [0.5, 0.6) is 0 Å². The molecule has 1 atom stereocenters. The highest BCUT2D eigenvalue weighted by molar-refractivity contribution is 5.57. The van der Waals surface area contributed by atoms with Gasteiger partial charge in [0.1, 0.15) is 0 Å². The van der Waals surface area contributed by atoms with Crippen LogP contribution in [0, 0.1) is 5.41 Å². The van der Waals surface area contributed by atoms with Crippen molar-refractivity contribution < 1.29 is 5.11 Å². The monoisotopic (exact) mass is 231 g/mol. The molecule has 2 heteroatoms. The first kappa shape index (κ1) is 11.1. The third-order valence-corrected chi connectivity index (χ3v) is 4.44. The number of hydrogen-bond donors (Lipinski definition) is 1. The fourth-order valence-electron chi connectivity index (χ4n) is 3.50. The summed E-state index contributed by atoms with van der Waals surface area (Å²) in [6.45, 7) is 4.23. The van der Waals surface area contributed by atoms with E-state index in [0.717, 1.165) is 5.56 Å². The summed E-state index contributed by atoms with van der Waals surface area (Å²) in [5.41, 5.74) is 2.92. The van der Waals surface area contributed by atoms with Crippen molar-refractivity contribution in [2.24, 2.45) is 5.41 Å². The molecule has 1 aromatic rings. The van der Waals surface area contributed by atoms with Crippen molar-refractivity contribution in [1.82, 2.24) is 0 Å². The van der Waals surface area contributed by atoms with Crippen molar-refractivity contribution in [3.8, 4) is 0 Å². The van der Waals surface area contributed by atoms with Crippen LogP contribution in [0.1, 0.15) is 44.3 Å². The van der Waals surface area contributed by atoms with E-state index >= 15 is 0 Å². The van der Waals surface area contributed by atoms with E-state index in [2.05, 4.69) is 17.0 Å². The van der Waals surface area contributed by atoms with E-state index in [1.54, 1.807) is 0 Å². The van der Waals surface area contributed by atoms with Gasteiger partial charge in [-0.3, -0.25) is 0 Å². The number of hydrogen-bond acceptors (Lipinski definition) is 2. The second-order valence-corrected chi connectivity index (χ2v) is 5.80. The van der Waals surface area contributed by atoms with Gasteiger partial charge in [-0.1, -0.05) is 31.0 Å². The maximum Gasteiger partial charge on any atom is 0.0781 e. The third-order valence-electron chi connectivity index (χ3n) is 4.44. The van der Waals surface area contributed by atoms with Gasteiger partial charge in [0.25, 0.3) is 0 Å². The van der Waals surface area contributed by atoms with Crippen LogP contribution < -0.4 is 4.90 Å². The van der Waals surface area contributed by atoms with Crippen LogP contribution >= 0.6 is 0 Å². The van der Waals surface area contributed by atoms with E-state index in [1.807, 2.05) is 19.1 Å². The molecule has 1 unspecified atom stereocenters. The molecule has 0 aromatic heterocycles.